The molecule has 1 saturated heterocycles. The van der Waals surface area contributed by atoms with Gasteiger partial charge in [-0.1, -0.05) is 12.1 Å². The van der Waals surface area contributed by atoms with E-state index in [-0.39, 0.29) is 10.8 Å². The molecule has 3 atom stereocenters. The fourth-order valence-corrected chi connectivity index (χ4v) is 6.18. The predicted octanol–water partition coefficient (Wildman–Crippen LogP) is 5.89. The van der Waals surface area contributed by atoms with Crippen molar-refractivity contribution in [2.24, 2.45) is 11.8 Å². The number of alkyl halides is 3. The van der Waals surface area contributed by atoms with Crippen molar-refractivity contribution in [3.8, 4) is 5.75 Å². The van der Waals surface area contributed by atoms with Crippen LogP contribution >= 0.6 is 11.8 Å². The predicted molar refractivity (Wildman–Crippen MR) is 140 cm³/mol. The zero-order chi connectivity index (χ0) is 27.3. The van der Waals surface area contributed by atoms with Crippen molar-refractivity contribution in [2.45, 2.75) is 36.4 Å². The van der Waals surface area contributed by atoms with Gasteiger partial charge in [0.05, 0.1) is 30.2 Å². The molecule has 10 heteroatoms. The van der Waals surface area contributed by atoms with Gasteiger partial charge in [-0.25, -0.2) is 0 Å². The van der Waals surface area contributed by atoms with Gasteiger partial charge >= 0.3 is 12.1 Å². The third-order valence-electron chi connectivity index (χ3n) is 7.17. The Morgan fingerprint density at radius 3 is 2.76 bits per heavy atom. The van der Waals surface area contributed by atoms with Gasteiger partial charge in [-0.2, -0.15) is 13.2 Å². The number of carboxylic acid groups (broad SMARTS) is 1. The lowest BCUT2D eigenvalue weighted by atomic mass is 9.81. The normalized spacial score (nSPS) is 19.4. The molecule has 2 N–H and O–H groups in total. The van der Waals surface area contributed by atoms with Crippen molar-refractivity contribution in [1.29, 1.82) is 0 Å². The summed E-state index contributed by atoms with van der Waals surface area (Å²) >= 11 is 1.14. The maximum Gasteiger partial charge on any atom is 0.417 e. The quantitative estimate of drug-likeness (QED) is 0.306. The topological polar surface area (TPSA) is 82.9 Å². The SMILES string of the molecule is COc1ccc2nccc([C@H](O)CC[C@@H]3CCN(CCSc4ccccc4C(F)(F)F)C[C@@H]3C(=O)O)c2c1. The van der Waals surface area contributed by atoms with Gasteiger partial charge in [-0.3, -0.25) is 9.78 Å². The summed E-state index contributed by atoms with van der Waals surface area (Å²) in [5.74, 6) is -0.487. The van der Waals surface area contributed by atoms with E-state index < -0.39 is 29.7 Å². The molecule has 38 heavy (non-hydrogen) atoms. The molecule has 1 fully saturated rings. The van der Waals surface area contributed by atoms with Gasteiger partial charge in [-0.15, -0.1) is 11.8 Å². The van der Waals surface area contributed by atoms with Gasteiger partial charge in [0.1, 0.15) is 5.75 Å². The number of fused-ring (bicyclic) bond motifs is 1. The summed E-state index contributed by atoms with van der Waals surface area (Å²) in [4.78, 5) is 18.6. The highest BCUT2D eigenvalue weighted by molar-refractivity contribution is 7.99. The lowest BCUT2D eigenvalue weighted by molar-refractivity contribution is -0.146. The first kappa shape index (κ1) is 28.2. The molecule has 0 amide bonds. The molecule has 1 aliphatic rings. The average Bonchev–Trinajstić information content (AvgIpc) is 2.91. The van der Waals surface area contributed by atoms with E-state index in [2.05, 4.69) is 4.98 Å². The van der Waals surface area contributed by atoms with Gasteiger partial charge in [0.25, 0.3) is 0 Å². The number of piperidine rings is 1. The lowest BCUT2D eigenvalue weighted by Gasteiger charge is -2.37. The second kappa shape index (κ2) is 12.4. The van der Waals surface area contributed by atoms with Crippen LogP contribution in [0.4, 0.5) is 13.2 Å². The highest BCUT2D eigenvalue weighted by Gasteiger charge is 2.35. The highest BCUT2D eigenvalue weighted by Crippen LogP contribution is 2.37. The molecule has 4 rings (SSSR count). The van der Waals surface area contributed by atoms with E-state index in [9.17, 15) is 28.2 Å². The van der Waals surface area contributed by atoms with Crippen LogP contribution in [0, 0.1) is 11.8 Å². The molecule has 3 aromatic rings. The number of halogens is 3. The number of ether oxygens (including phenoxy) is 1. The minimum Gasteiger partial charge on any atom is -0.497 e. The third-order valence-corrected chi connectivity index (χ3v) is 8.22. The van der Waals surface area contributed by atoms with Crippen LogP contribution < -0.4 is 4.74 Å². The zero-order valence-corrected chi connectivity index (χ0v) is 21.8. The Hall–Kier alpha value is -2.82. The number of aliphatic hydroxyl groups excluding tert-OH is 1. The molecule has 2 aromatic carbocycles. The maximum absolute atomic E-state index is 13.2. The van der Waals surface area contributed by atoms with Gasteiger partial charge in [0.2, 0.25) is 0 Å². The summed E-state index contributed by atoms with van der Waals surface area (Å²) in [5.41, 5.74) is 0.829. The Morgan fingerprint density at radius 1 is 1.24 bits per heavy atom. The number of carbonyl (C=O) groups is 1. The van der Waals surface area contributed by atoms with Crippen LogP contribution in [0.2, 0.25) is 0 Å². The van der Waals surface area contributed by atoms with E-state index in [1.165, 1.54) is 12.1 Å². The van der Waals surface area contributed by atoms with E-state index in [0.717, 1.165) is 34.3 Å². The number of nitrogens with zero attached hydrogens (tertiary/aromatic N) is 2. The molecular weight excluding hydrogens is 517 g/mol. The molecule has 2 heterocycles. The van der Waals surface area contributed by atoms with Crippen molar-refractivity contribution in [3.05, 3.63) is 65.9 Å². The molecule has 0 spiro atoms. The monoisotopic (exact) mass is 548 g/mol. The van der Waals surface area contributed by atoms with E-state index in [0.29, 0.717) is 50.4 Å². The number of thioether (sulfide) groups is 1. The van der Waals surface area contributed by atoms with Gasteiger partial charge < -0.3 is 19.8 Å². The molecule has 6 nitrogen and oxygen atoms in total. The number of carboxylic acids is 1. The summed E-state index contributed by atoms with van der Waals surface area (Å²) in [5, 5.41) is 21.7. The first-order valence-electron chi connectivity index (χ1n) is 12.5. The van der Waals surface area contributed by atoms with Crippen LogP contribution in [0.5, 0.6) is 5.75 Å². The number of likely N-dealkylation sites (tertiary alicyclic amines) is 1. The Balaban J connectivity index is 1.34. The Bertz CT molecular complexity index is 1260. The van der Waals surface area contributed by atoms with Crippen molar-refractivity contribution in [3.63, 3.8) is 0 Å². The number of pyridine rings is 1. The lowest BCUT2D eigenvalue weighted by Crippen LogP contribution is -2.44. The first-order valence-corrected chi connectivity index (χ1v) is 13.5. The van der Waals surface area contributed by atoms with Crippen LogP contribution in [0.15, 0.2) is 59.6 Å². The van der Waals surface area contributed by atoms with Crippen LogP contribution in [0.3, 0.4) is 0 Å². The fourth-order valence-electron chi connectivity index (χ4n) is 5.10. The van der Waals surface area contributed by atoms with E-state index in [1.54, 1.807) is 25.4 Å². The zero-order valence-electron chi connectivity index (χ0n) is 21.0. The summed E-state index contributed by atoms with van der Waals surface area (Å²) in [6.45, 7) is 1.51. The Kier molecular flexibility index (Phi) is 9.17. The number of methoxy groups -OCH3 is 1. The molecular formula is C28H31F3N2O4S. The van der Waals surface area contributed by atoms with Crippen LogP contribution in [0.1, 0.15) is 36.5 Å². The summed E-state index contributed by atoms with van der Waals surface area (Å²) in [7, 11) is 1.58. The number of hydrogen-bond donors (Lipinski definition) is 2. The van der Waals surface area contributed by atoms with E-state index >= 15 is 0 Å². The number of benzene rings is 2. The number of aliphatic carboxylic acids is 1. The van der Waals surface area contributed by atoms with Crippen LogP contribution in [-0.2, 0) is 11.0 Å². The molecule has 0 aliphatic carbocycles. The molecule has 204 valence electrons. The molecule has 1 aromatic heterocycles. The molecule has 0 saturated carbocycles. The van der Waals surface area contributed by atoms with Crippen molar-refractivity contribution >= 4 is 28.6 Å². The molecule has 0 radical (unpaired) electrons. The van der Waals surface area contributed by atoms with Gasteiger partial charge in [-0.05, 0) is 73.7 Å². The van der Waals surface area contributed by atoms with E-state index in [4.69, 9.17) is 4.74 Å². The number of hydrogen-bond acceptors (Lipinski definition) is 6. The second-order valence-corrected chi connectivity index (χ2v) is 10.6. The molecule has 1 aliphatic heterocycles. The fraction of sp³-hybridized carbons (Fsp3) is 0.429. The maximum atomic E-state index is 13.2. The molecule has 0 bridgehead atoms. The van der Waals surface area contributed by atoms with Crippen LogP contribution in [0.25, 0.3) is 10.9 Å². The number of rotatable bonds is 10. The second-order valence-electron chi connectivity index (χ2n) is 9.51. The number of aromatic nitrogens is 1. The smallest absolute Gasteiger partial charge is 0.417 e. The highest BCUT2D eigenvalue weighted by atomic mass is 32.2. The summed E-state index contributed by atoms with van der Waals surface area (Å²) < 4.78 is 45.0. The van der Waals surface area contributed by atoms with Crippen molar-refractivity contribution in [1.82, 2.24) is 9.88 Å². The standard InChI is InChI=1S/C28H31F3N2O4S/c1-37-19-7-8-24-21(16-19)20(10-12-32-24)25(34)9-6-18-11-13-33(17-22(18)27(35)36)14-15-38-26-5-3-2-4-23(26)28(29,30)31/h2-5,7-8,10,12,16,18,22,25,34H,6,9,11,13-15,17H2,1H3,(H,35,36)/t18-,22+,25-/m1/s1. The summed E-state index contributed by atoms with van der Waals surface area (Å²) in [6, 6.07) is 12.8. The van der Waals surface area contributed by atoms with Crippen molar-refractivity contribution < 1.29 is 32.9 Å². The minimum absolute atomic E-state index is 0.0976. The van der Waals surface area contributed by atoms with Crippen molar-refractivity contribution in [2.75, 3.05) is 32.5 Å². The molecule has 0 unspecified atom stereocenters. The third kappa shape index (κ3) is 6.78. The Labute approximate surface area is 223 Å². The first-order chi connectivity index (χ1) is 18.2. The van der Waals surface area contributed by atoms with Gasteiger partial charge in [0, 0.05) is 35.3 Å². The number of aliphatic hydroxyl groups is 1. The summed E-state index contributed by atoms with van der Waals surface area (Å²) in [6.07, 6.45) is -1.92. The van der Waals surface area contributed by atoms with E-state index in [1.807, 2.05) is 23.1 Å². The minimum atomic E-state index is -4.41. The Morgan fingerprint density at radius 2 is 2.03 bits per heavy atom. The largest absolute Gasteiger partial charge is 0.497 e. The van der Waals surface area contributed by atoms with Gasteiger partial charge in [0.15, 0.2) is 0 Å². The average molecular weight is 549 g/mol. The van der Waals surface area contributed by atoms with Crippen LogP contribution in [-0.4, -0.2) is 58.6 Å².